The minimum Gasteiger partial charge on any atom is -0.487 e. The zero-order valence-corrected chi connectivity index (χ0v) is 20.3. The third-order valence-electron chi connectivity index (χ3n) is 5.17. The molecular formula is C24H20ClF4N3O6. The number of carboxylic acid groups (broad SMARTS) is 1. The lowest BCUT2D eigenvalue weighted by atomic mass is 10.1. The lowest BCUT2D eigenvalue weighted by Gasteiger charge is -2.20. The number of hydrogen-bond donors (Lipinski definition) is 3. The molecule has 2 aromatic carbocycles. The van der Waals surface area contributed by atoms with E-state index in [0.29, 0.717) is 10.6 Å². The molecule has 3 aromatic rings. The van der Waals surface area contributed by atoms with Gasteiger partial charge in [-0.25, -0.2) is 8.78 Å². The zero-order valence-electron chi connectivity index (χ0n) is 19.6. The smallest absolute Gasteiger partial charge is 0.305 e. The topological polar surface area (TPSA) is 131 Å². The van der Waals surface area contributed by atoms with Crippen LogP contribution in [0.1, 0.15) is 30.3 Å². The molecule has 14 heteroatoms. The average molecular weight is 558 g/mol. The summed E-state index contributed by atoms with van der Waals surface area (Å²) < 4.78 is 64.1. The van der Waals surface area contributed by atoms with Gasteiger partial charge in [-0.2, -0.15) is 8.78 Å². The Bertz CT molecular complexity index is 1330. The van der Waals surface area contributed by atoms with E-state index in [4.69, 9.17) is 26.0 Å². The minimum absolute atomic E-state index is 0.0112. The maximum atomic E-state index is 13.7. The molecule has 38 heavy (non-hydrogen) atoms. The number of nitrogens with one attached hydrogen (secondary N) is 2. The van der Waals surface area contributed by atoms with Gasteiger partial charge in [0.25, 0.3) is 5.91 Å². The number of carbonyl (C=O) groups is 3. The summed E-state index contributed by atoms with van der Waals surface area (Å²) in [5.74, 6) is -10.9. The van der Waals surface area contributed by atoms with E-state index in [1.165, 1.54) is 13.0 Å². The Kier molecular flexibility index (Phi) is 9.29. The summed E-state index contributed by atoms with van der Waals surface area (Å²) >= 11 is 6.10. The third kappa shape index (κ3) is 7.00. The second kappa shape index (κ2) is 12.4. The van der Waals surface area contributed by atoms with E-state index in [0.717, 1.165) is 0 Å². The number of aliphatic carboxylic acids is 1. The summed E-state index contributed by atoms with van der Waals surface area (Å²) in [5, 5.41) is 17.9. The third-order valence-corrected chi connectivity index (χ3v) is 5.50. The summed E-state index contributed by atoms with van der Waals surface area (Å²) in [6.07, 6.45) is -0.928. The number of amides is 2. The summed E-state index contributed by atoms with van der Waals surface area (Å²) in [4.78, 5) is 36.3. The first-order chi connectivity index (χ1) is 18.0. The van der Waals surface area contributed by atoms with Gasteiger partial charge in [0.15, 0.2) is 28.8 Å². The van der Waals surface area contributed by atoms with Crippen LogP contribution in [0.25, 0.3) is 11.3 Å². The van der Waals surface area contributed by atoms with E-state index >= 15 is 0 Å². The van der Waals surface area contributed by atoms with Crippen LogP contribution < -0.4 is 15.4 Å². The molecule has 0 saturated heterocycles. The molecule has 0 bridgehead atoms. The molecule has 202 valence electrons. The Hall–Kier alpha value is -4.13. The van der Waals surface area contributed by atoms with Gasteiger partial charge in [0, 0.05) is 30.2 Å². The lowest BCUT2D eigenvalue weighted by Crippen LogP contribution is -2.49. The van der Waals surface area contributed by atoms with Gasteiger partial charge in [-0.05, 0) is 19.1 Å². The molecule has 0 radical (unpaired) electrons. The monoisotopic (exact) mass is 557 g/mol. The van der Waals surface area contributed by atoms with Crippen LogP contribution in [-0.4, -0.2) is 46.7 Å². The predicted molar refractivity (Wildman–Crippen MR) is 124 cm³/mol. The van der Waals surface area contributed by atoms with Gasteiger partial charge in [-0.1, -0.05) is 28.9 Å². The van der Waals surface area contributed by atoms with E-state index < -0.39 is 71.9 Å². The molecule has 1 aromatic heterocycles. The molecule has 2 atom stereocenters. The van der Waals surface area contributed by atoms with Crippen LogP contribution in [0.3, 0.4) is 0 Å². The number of nitrogens with zero attached hydrogens (tertiary/aromatic N) is 1. The molecule has 2 amide bonds. The average Bonchev–Trinajstić information content (AvgIpc) is 3.35. The van der Waals surface area contributed by atoms with Crippen LogP contribution in [0.15, 0.2) is 40.9 Å². The van der Waals surface area contributed by atoms with Crippen molar-refractivity contribution in [1.82, 2.24) is 15.8 Å². The van der Waals surface area contributed by atoms with Gasteiger partial charge in [0.2, 0.25) is 17.5 Å². The molecule has 0 aliphatic rings. The molecule has 0 saturated carbocycles. The molecule has 3 N–H and O–H groups in total. The van der Waals surface area contributed by atoms with Crippen LogP contribution in [0, 0.1) is 23.3 Å². The molecular weight excluding hydrogens is 538 g/mol. The molecule has 3 rings (SSSR count). The molecule has 0 spiro atoms. The summed E-state index contributed by atoms with van der Waals surface area (Å²) in [7, 11) is 0. The summed E-state index contributed by atoms with van der Waals surface area (Å²) in [6.45, 7) is 0.719. The van der Waals surface area contributed by atoms with Crippen molar-refractivity contribution >= 4 is 29.4 Å². The van der Waals surface area contributed by atoms with Crippen molar-refractivity contribution in [1.29, 1.82) is 0 Å². The van der Waals surface area contributed by atoms with Crippen molar-refractivity contribution in [3.63, 3.8) is 0 Å². The van der Waals surface area contributed by atoms with E-state index in [1.807, 2.05) is 0 Å². The predicted octanol–water partition coefficient (Wildman–Crippen LogP) is 4.10. The number of ether oxygens (including phenoxy) is 1. The van der Waals surface area contributed by atoms with Crippen LogP contribution in [0.4, 0.5) is 17.6 Å². The van der Waals surface area contributed by atoms with Crippen molar-refractivity contribution < 1.29 is 46.3 Å². The fraction of sp³-hybridized carbons (Fsp3) is 0.250. The van der Waals surface area contributed by atoms with Crippen LogP contribution in [0.2, 0.25) is 5.02 Å². The number of benzene rings is 2. The highest BCUT2D eigenvalue weighted by Crippen LogP contribution is 2.28. The Morgan fingerprint density at radius 1 is 1.08 bits per heavy atom. The minimum atomic E-state index is -1.76. The number of carboxylic acids is 1. The van der Waals surface area contributed by atoms with E-state index in [1.54, 1.807) is 24.3 Å². The van der Waals surface area contributed by atoms with Gasteiger partial charge in [-0.15, -0.1) is 0 Å². The first-order valence-corrected chi connectivity index (χ1v) is 11.4. The number of rotatable bonds is 11. The maximum Gasteiger partial charge on any atom is 0.305 e. The Morgan fingerprint density at radius 2 is 1.74 bits per heavy atom. The Morgan fingerprint density at radius 3 is 2.37 bits per heavy atom. The van der Waals surface area contributed by atoms with Crippen LogP contribution in [-0.2, 0) is 9.59 Å². The fourth-order valence-corrected chi connectivity index (χ4v) is 3.48. The maximum absolute atomic E-state index is 13.7. The Labute approximate surface area is 217 Å². The standard InChI is InChI=1S/C24H20ClF4N3O6/c1-11(30-24(36)17-10-18(38-32-17)13-4-2-3-5-14(13)25)23(35)31-12(8-19(33)34)6-7-37-22-20(28)15(26)9-16(27)21(22)29/h2-5,9-12H,6-8H2,1H3,(H,30,36)(H,31,35)(H,33,34)/t11-,12+/m0/s1. The SMILES string of the molecule is C[C@H](NC(=O)c1cc(-c2ccccc2Cl)on1)C(=O)N[C@H](CCOc1c(F)c(F)cc(F)c1F)CC(=O)O. The quantitative estimate of drug-likeness (QED) is 0.239. The second-order valence-electron chi connectivity index (χ2n) is 7.99. The van der Waals surface area contributed by atoms with Gasteiger partial charge in [-0.3, -0.25) is 14.4 Å². The van der Waals surface area contributed by atoms with Crippen molar-refractivity contribution in [2.45, 2.75) is 31.8 Å². The van der Waals surface area contributed by atoms with Crippen molar-refractivity contribution in [2.75, 3.05) is 6.61 Å². The number of carbonyl (C=O) groups excluding carboxylic acids is 2. The number of aromatic nitrogens is 1. The molecule has 0 unspecified atom stereocenters. The first kappa shape index (κ1) is 28.4. The summed E-state index contributed by atoms with van der Waals surface area (Å²) in [5.41, 5.74) is 0.340. The van der Waals surface area contributed by atoms with E-state index in [9.17, 15) is 31.9 Å². The molecule has 0 aliphatic heterocycles. The summed E-state index contributed by atoms with van der Waals surface area (Å²) in [6, 6.07) is 5.72. The first-order valence-electron chi connectivity index (χ1n) is 11.0. The van der Waals surface area contributed by atoms with E-state index in [-0.39, 0.29) is 23.9 Å². The van der Waals surface area contributed by atoms with Gasteiger partial charge in [0.1, 0.15) is 6.04 Å². The highest BCUT2D eigenvalue weighted by Gasteiger charge is 2.25. The molecule has 1 heterocycles. The highest BCUT2D eigenvalue weighted by atomic mass is 35.5. The normalized spacial score (nSPS) is 12.5. The molecule has 0 fully saturated rings. The van der Waals surface area contributed by atoms with Crippen LogP contribution in [0.5, 0.6) is 5.75 Å². The van der Waals surface area contributed by atoms with Crippen LogP contribution >= 0.6 is 11.6 Å². The van der Waals surface area contributed by atoms with Gasteiger partial charge in [0.05, 0.1) is 18.1 Å². The van der Waals surface area contributed by atoms with Gasteiger partial charge < -0.3 is 25.0 Å². The molecule has 9 nitrogen and oxygen atoms in total. The lowest BCUT2D eigenvalue weighted by molar-refractivity contribution is -0.137. The van der Waals surface area contributed by atoms with E-state index in [2.05, 4.69) is 15.8 Å². The van der Waals surface area contributed by atoms with Crippen molar-refractivity contribution in [3.8, 4) is 17.1 Å². The largest absolute Gasteiger partial charge is 0.487 e. The number of hydrogen-bond acceptors (Lipinski definition) is 6. The molecule has 0 aliphatic carbocycles. The van der Waals surface area contributed by atoms with Gasteiger partial charge >= 0.3 is 5.97 Å². The second-order valence-corrected chi connectivity index (χ2v) is 8.40. The Balaban J connectivity index is 1.59. The fourth-order valence-electron chi connectivity index (χ4n) is 3.25. The van der Waals surface area contributed by atoms with Crippen molar-refractivity contribution in [2.24, 2.45) is 0 Å². The van der Waals surface area contributed by atoms with Crippen molar-refractivity contribution in [3.05, 3.63) is 70.4 Å². The highest BCUT2D eigenvalue weighted by molar-refractivity contribution is 6.33. The zero-order chi connectivity index (χ0) is 28.0. The number of halogens is 5.